The first-order valence-corrected chi connectivity index (χ1v) is 3.93. The molecule has 1 fully saturated rings. The van der Waals surface area contributed by atoms with E-state index in [1.54, 1.807) is 19.1 Å². The second-order valence-corrected chi connectivity index (χ2v) is 2.51. The molecule has 0 aromatic carbocycles. The molecule has 0 atom stereocenters. The molecule has 0 spiro atoms. The first kappa shape index (κ1) is 8.71. The zero-order valence-electron chi connectivity index (χ0n) is 7.18. The Kier molecular flexibility index (Phi) is 2.43. The topological polar surface area (TPSA) is 46.2 Å². The highest BCUT2D eigenvalue weighted by Gasteiger charge is 2.28. The van der Waals surface area contributed by atoms with Crippen LogP contribution in [0.3, 0.4) is 0 Å². The zero-order chi connectivity index (χ0) is 9.14. The molecule has 1 rings (SSSR count). The minimum absolute atomic E-state index is 0.282. The fraction of sp³-hybridized carbons (Fsp3) is 0.333. The fourth-order valence-electron chi connectivity index (χ4n) is 1.18. The molecule has 2 amide bonds. The van der Waals surface area contributed by atoms with Crippen molar-refractivity contribution in [3.8, 4) is 0 Å². The number of rotatable bonds is 1. The summed E-state index contributed by atoms with van der Waals surface area (Å²) in [6, 6.07) is 0. The third kappa shape index (κ3) is 1.30. The molecule has 0 saturated carbocycles. The number of carbonyl (C=O) groups is 2. The monoisotopic (exact) mass is 165 g/mol. The number of carbonyl (C=O) groups excluding carboxylic acids is 2. The maximum atomic E-state index is 11.1. The quantitative estimate of drug-likeness (QED) is 0.464. The molecule has 1 aliphatic rings. The van der Waals surface area contributed by atoms with Crippen LogP contribution in [0.15, 0.2) is 23.3 Å². The van der Waals surface area contributed by atoms with Gasteiger partial charge < -0.3 is 0 Å². The number of hydrogen-bond donors (Lipinski definition) is 1. The molecule has 3 nitrogen and oxygen atoms in total. The van der Waals surface area contributed by atoms with Crippen LogP contribution in [0.4, 0.5) is 0 Å². The Morgan fingerprint density at radius 1 is 1.25 bits per heavy atom. The summed E-state index contributed by atoms with van der Waals surface area (Å²) in [5.41, 5.74) is 0.992. The van der Waals surface area contributed by atoms with E-state index >= 15 is 0 Å². The van der Waals surface area contributed by atoms with E-state index in [0.717, 1.165) is 6.42 Å². The highest BCUT2D eigenvalue weighted by atomic mass is 16.2. The summed E-state index contributed by atoms with van der Waals surface area (Å²) in [5, 5.41) is 2.24. The van der Waals surface area contributed by atoms with E-state index in [4.69, 9.17) is 0 Å². The predicted octanol–water partition coefficient (Wildman–Crippen LogP) is 0.925. The Labute approximate surface area is 71.1 Å². The molecule has 0 radical (unpaired) electrons. The standard InChI is InChI=1S/C9H11NO2/c1-3-5-7-6(4-2)8(11)10-9(7)12/h4-5H,3H2,1-2H3,(H,10,11,12)/b6-4+,7-5+. The van der Waals surface area contributed by atoms with E-state index in [1.165, 1.54) is 0 Å². The van der Waals surface area contributed by atoms with Crippen LogP contribution < -0.4 is 5.32 Å². The Bertz CT molecular complexity index is 287. The minimum Gasteiger partial charge on any atom is -0.288 e. The summed E-state index contributed by atoms with van der Waals surface area (Å²) >= 11 is 0. The molecule has 0 bridgehead atoms. The average Bonchev–Trinajstić information content (AvgIpc) is 2.28. The largest absolute Gasteiger partial charge is 0.288 e. The molecule has 0 aromatic heterocycles. The van der Waals surface area contributed by atoms with Gasteiger partial charge in [-0.1, -0.05) is 19.1 Å². The minimum atomic E-state index is -0.290. The lowest BCUT2D eigenvalue weighted by atomic mass is 10.1. The van der Waals surface area contributed by atoms with Gasteiger partial charge in [0.15, 0.2) is 0 Å². The summed E-state index contributed by atoms with van der Waals surface area (Å²) in [6.45, 7) is 3.67. The van der Waals surface area contributed by atoms with Gasteiger partial charge in [-0.15, -0.1) is 0 Å². The van der Waals surface area contributed by atoms with Crippen molar-refractivity contribution in [3.05, 3.63) is 23.3 Å². The van der Waals surface area contributed by atoms with Crippen molar-refractivity contribution in [2.75, 3.05) is 0 Å². The zero-order valence-corrected chi connectivity index (χ0v) is 7.18. The van der Waals surface area contributed by atoms with Gasteiger partial charge in [-0.2, -0.15) is 0 Å². The lowest BCUT2D eigenvalue weighted by Gasteiger charge is -1.91. The highest BCUT2D eigenvalue weighted by molar-refractivity contribution is 6.24. The lowest BCUT2D eigenvalue weighted by molar-refractivity contribution is -0.123. The molecule has 0 aliphatic carbocycles. The van der Waals surface area contributed by atoms with Crippen LogP contribution in [-0.4, -0.2) is 11.8 Å². The van der Waals surface area contributed by atoms with Gasteiger partial charge in [0.2, 0.25) is 0 Å². The molecule has 1 N–H and O–H groups in total. The van der Waals surface area contributed by atoms with Gasteiger partial charge in [-0.25, -0.2) is 0 Å². The van der Waals surface area contributed by atoms with Gasteiger partial charge in [0.1, 0.15) is 0 Å². The molecule has 1 aliphatic heterocycles. The number of hydrogen-bond acceptors (Lipinski definition) is 2. The first-order valence-electron chi connectivity index (χ1n) is 3.93. The molecular formula is C9H11NO2. The lowest BCUT2D eigenvalue weighted by Crippen LogP contribution is -2.19. The van der Waals surface area contributed by atoms with Crippen LogP contribution in [0.2, 0.25) is 0 Å². The third-order valence-corrected chi connectivity index (χ3v) is 1.70. The number of amides is 2. The SMILES string of the molecule is C/C=C1/C(=O)NC(=O)/C1=C/CC. The predicted molar refractivity (Wildman–Crippen MR) is 45.3 cm³/mol. The van der Waals surface area contributed by atoms with Gasteiger partial charge in [-0.3, -0.25) is 14.9 Å². The second kappa shape index (κ2) is 3.34. The molecule has 0 unspecified atom stereocenters. The van der Waals surface area contributed by atoms with E-state index < -0.39 is 0 Å². The van der Waals surface area contributed by atoms with Crippen LogP contribution in [0.5, 0.6) is 0 Å². The van der Waals surface area contributed by atoms with Gasteiger partial charge in [0, 0.05) is 11.1 Å². The molecule has 3 heteroatoms. The number of allylic oxidation sites excluding steroid dienone is 2. The molecule has 64 valence electrons. The highest BCUT2D eigenvalue weighted by Crippen LogP contribution is 2.17. The Hall–Kier alpha value is -1.38. The van der Waals surface area contributed by atoms with E-state index in [0.29, 0.717) is 11.1 Å². The first-order chi connectivity index (χ1) is 5.70. The number of nitrogens with one attached hydrogen (secondary N) is 1. The Morgan fingerprint density at radius 3 is 2.33 bits per heavy atom. The van der Waals surface area contributed by atoms with Crippen LogP contribution in [0.25, 0.3) is 0 Å². The fourth-order valence-corrected chi connectivity index (χ4v) is 1.18. The van der Waals surface area contributed by atoms with Crippen molar-refractivity contribution >= 4 is 11.8 Å². The van der Waals surface area contributed by atoms with Crippen LogP contribution in [0, 0.1) is 0 Å². The van der Waals surface area contributed by atoms with Crippen LogP contribution in [0.1, 0.15) is 20.3 Å². The maximum absolute atomic E-state index is 11.1. The molecule has 1 saturated heterocycles. The molecule has 0 aromatic rings. The van der Waals surface area contributed by atoms with E-state index in [2.05, 4.69) is 5.32 Å². The van der Waals surface area contributed by atoms with Gasteiger partial charge in [0.05, 0.1) is 0 Å². The van der Waals surface area contributed by atoms with Crippen molar-refractivity contribution in [2.24, 2.45) is 0 Å². The van der Waals surface area contributed by atoms with E-state index in [1.807, 2.05) is 6.92 Å². The Balaban J connectivity index is 3.07. The summed E-state index contributed by atoms with van der Waals surface area (Å²) in [5.74, 6) is -0.572. The Morgan fingerprint density at radius 2 is 1.83 bits per heavy atom. The average molecular weight is 165 g/mol. The van der Waals surface area contributed by atoms with E-state index in [-0.39, 0.29) is 11.8 Å². The summed E-state index contributed by atoms with van der Waals surface area (Å²) in [4.78, 5) is 22.2. The molecule has 12 heavy (non-hydrogen) atoms. The summed E-state index contributed by atoms with van der Waals surface area (Å²) < 4.78 is 0. The summed E-state index contributed by atoms with van der Waals surface area (Å²) in [7, 11) is 0. The smallest absolute Gasteiger partial charge is 0.258 e. The number of imide groups is 1. The van der Waals surface area contributed by atoms with Crippen molar-refractivity contribution in [1.82, 2.24) is 5.32 Å². The van der Waals surface area contributed by atoms with Crippen molar-refractivity contribution in [1.29, 1.82) is 0 Å². The van der Waals surface area contributed by atoms with Crippen molar-refractivity contribution in [2.45, 2.75) is 20.3 Å². The van der Waals surface area contributed by atoms with Crippen LogP contribution >= 0.6 is 0 Å². The van der Waals surface area contributed by atoms with Crippen molar-refractivity contribution < 1.29 is 9.59 Å². The van der Waals surface area contributed by atoms with Gasteiger partial charge >= 0.3 is 0 Å². The molecule has 1 heterocycles. The van der Waals surface area contributed by atoms with Gasteiger partial charge in [-0.05, 0) is 13.3 Å². The normalized spacial score (nSPS) is 23.8. The molecular weight excluding hydrogens is 154 g/mol. The maximum Gasteiger partial charge on any atom is 0.258 e. The van der Waals surface area contributed by atoms with E-state index in [9.17, 15) is 9.59 Å². The summed E-state index contributed by atoms with van der Waals surface area (Å²) in [6.07, 6.45) is 4.17. The van der Waals surface area contributed by atoms with Crippen LogP contribution in [-0.2, 0) is 9.59 Å². The second-order valence-electron chi connectivity index (χ2n) is 2.51. The van der Waals surface area contributed by atoms with Crippen molar-refractivity contribution in [3.63, 3.8) is 0 Å². The third-order valence-electron chi connectivity index (χ3n) is 1.70. The van der Waals surface area contributed by atoms with Gasteiger partial charge in [0.25, 0.3) is 11.8 Å².